The van der Waals surface area contributed by atoms with Gasteiger partial charge in [-0.2, -0.15) is 0 Å². The lowest BCUT2D eigenvalue weighted by Crippen LogP contribution is -2.32. The van der Waals surface area contributed by atoms with Crippen LogP contribution in [0.15, 0.2) is 23.0 Å². The first-order valence-corrected chi connectivity index (χ1v) is 7.55. The van der Waals surface area contributed by atoms with Crippen LogP contribution in [0.3, 0.4) is 0 Å². The van der Waals surface area contributed by atoms with Crippen LogP contribution in [-0.4, -0.2) is 29.8 Å². The predicted octanol–water partition coefficient (Wildman–Crippen LogP) is 2.37. The molecule has 0 spiro atoms. The van der Waals surface area contributed by atoms with Crippen molar-refractivity contribution >= 4 is 22.5 Å². The molecule has 0 saturated carbocycles. The summed E-state index contributed by atoms with van der Waals surface area (Å²) in [6.07, 6.45) is 3.14. The molecule has 1 saturated heterocycles. The molecule has 1 aliphatic heterocycles. The van der Waals surface area contributed by atoms with Crippen molar-refractivity contribution in [1.29, 1.82) is 0 Å². The van der Waals surface area contributed by atoms with Crippen molar-refractivity contribution in [2.75, 3.05) is 20.2 Å². The Morgan fingerprint density at radius 3 is 3.10 bits per heavy atom. The molecule has 1 aromatic heterocycles. The van der Waals surface area contributed by atoms with Gasteiger partial charge in [-0.3, -0.25) is 9.36 Å². The Labute approximate surface area is 127 Å². The van der Waals surface area contributed by atoms with Crippen LogP contribution in [-0.2, 0) is 0 Å². The summed E-state index contributed by atoms with van der Waals surface area (Å²) in [5.41, 5.74) is 0.422. The van der Waals surface area contributed by atoms with Crippen molar-refractivity contribution in [3.8, 4) is 5.75 Å². The largest absolute Gasteiger partial charge is 0.494 e. The van der Waals surface area contributed by atoms with E-state index in [2.05, 4.69) is 10.3 Å². The average molecular weight is 308 g/mol. The first-order valence-electron chi connectivity index (χ1n) is 7.18. The summed E-state index contributed by atoms with van der Waals surface area (Å²) in [7, 11) is 1.56. The van der Waals surface area contributed by atoms with Crippen molar-refractivity contribution in [1.82, 2.24) is 14.9 Å². The first-order chi connectivity index (χ1) is 10.2. The SMILES string of the molecule is COc1cccc2c(=O)n(C3CCCCNC3)c(Cl)nc12. The van der Waals surface area contributed by atoms with E-state index in [1.807, 2.05) is 0 Å². The van der Waals surface area contributed by atoms with E-state index >= 15 is 0 Å². The van der Waals surface area contributed by atoms with Gasteiger partial charge in [-0.15, -0.1) is 0 Å². The number of hydrogen-bond donors (Lipinski definition) is 1. The molecule has 0 radical (unpaired) electrons. The summed E-state index contributed by atoms with van der Waals surface area (Å²) < 4.78 is 6.87. The average Bonchev–Trinajstić information content (AvgIpc) is 2.76. The van der Waals surface area contributed by atoms with Gasteiger partial charge < -0.3 is 10.1 Å². The van der Waals surface area contributed by atoms with E-state index in [4.69, 9.17) is 16.3 Å². The van der Waals surface area contributed by atoms with Gasteiger partial charge in [-0.1, -0.05) is 12.5 Å². The fraction of sp³-hybridized carbons (Fsp3) is 0.467. The lowest BCUT2D eigenvalue weighted by molar-refractivity contribution is 0.417. The van der Waals surface area contributed by atoms with Crippen molar-refractivity contribution in [3.05, 3.63) is 33.8 Å². The Hall–Kier alpha value is -1.59. The molecule has 1 fully saturated rings. The van der Waals surface area contributed by atoms with Gasteiger partial charge in [-0.05, 0) is 43.1 Å². The van der Waals surface area contributed by atoms with Crippen molar-refractivity contribution in [2.45, 2.75) is 25.3 Å². The van der Waals surface area contributed by atoms with Gasteiger partial charge >= 0.3 is 0 Å². The highest BCUT2D eigenvalue weighted by atomic mass is 35.5. The summed E-state index contributed by atoms with van der Waals surface area (Å²) in [6.45, 7) is 1.73. The lowest BCUT2D eigenvalue weighted by Gasteiger charge is -2.19. The van der Waals surface area contributed by atoms with Crippen LogP contribution in [0.1, 0.15) is 25.3 Å². The van der Waals surface area contributed by atoms with Crippen LogP contribution in [0, 0.1) is 0 Å². The zero-order valence-electron chi connectivity index (χ0n) is 11.9. The Bertz CT molecular complexity index is 706. The molecule has 6 heteroatoms. The second kappa shape index (κ2) is 6.03. The van der Waals surface area contributed by atoms with E-state index < -0.39 is 0 Å². The van der Waals surface area contributed by atoms with Gasteiger partial charge in [0.15, 0.2) is 0 Å². The molecular formula is C15H18ClN3O2. The van der Waals surface area contributed by atoms with Gasteiger partial charge in [0.05, 0.1) is 18.5 Å². The Morgan fingerprint density at radius 2 is 2.29 bits per heavy atom. The molecular weight excluding hydrogens is 290 g/mol. The van der Waals surface area contributed by atoms with Crippen LogP contribution in [0.2, 0.25) is 5.28 Å². The van der Waals surface area contributed by atoms with Crippen molar-refractivity contribution < 1.29 is 4.74 Å². The molecule has 1 aliphatic rings. The maximum absolute atomic E-state index is 12.8. The quantitative estimate of drug-likeness (QED) is 0.866. The molecule has 1 unspecified atom stereocenters. The number of halogens is 1. The normalized spacial score (nSPS) is 19.4. The Morgan fingerprint density at radius 1 is 1.43 bits per heavy atom. The van der Waals surface area contributed by atoms with Gasteiger partial charge in [0.25, 0.3) is 5.56 Å². The maximum Gasteiger partial charge on any atom is 0.262 e. The number of aromatic nitrogens is 2. The van der Waals surface area contributed by atoms with Crippen LogP contribution in [0.25, 0.3) is 10.9 Å². The lowest BCUT2D eigenvalue weighted by atomic mass is 10.1. The van der Waals surface area contributed by atoms with Crippen LogP contribution in [0.5, 0.6) is 5.75 Å². The van der Waals surface area contributed by atoms with E-state index in [1.165, 1.54) is 0 Å². The maximum atomic E-state index is 12.8. The molecule has 5 nitrogen and oxygen atoms in total. The van der Waals surface area contributed by atoms with E-state index in [9.17, 15) is 4.79 Å². The minimum Gasteiger partial charge on any atom is -0.494 e. The zero-order chi connectivity index (χ0) is 14.8. The number of benzene rings is 1. The van der Waals surface area contributed by atoms with Crippen LogP contribution < -0.4 is 15.6 Å². The van der Waals surface area contributed by atoms with Crippen LogP contribution >= 0.6 is 11.6 Å². The third-order valence-electron chi connectivity index (χ3n) is 3.96. The molecule has 3 rings (SSSR count). The van der Waals surface area contributed by atoms with E-state index in [0.717, 1.165) is 32.4 Å². The number of nitrogens with zero attached hydrogens (tertiary/aromatic N) is 2. The van der Waals surface area contributed by atoms with Gasteiger partial charge in [0.2, 0.25) is 5.28 Å². The fourth-order valence-electron chi connectivity index (χ4n) is 2.87. The smallest absolute Gasteiger partial charge is 0.262 e. The Kier molecular flexibility index (Phi) is 4.12. The molecule has 1 aromatic carbocycles. The third kappa shape index (κ3) is 2.63. The minimum atomic E-state index is -0.0994. The minimum absolute atomic E-state index is 0.0515. The monoisotopic (exact) mass is 307 g/mol. The molecule has 112 valence electrons. The van der Waals surface area contributed by atoms with Gasteiger partial charge in [-0.25, -0.2) is 4.98 Å². The van der Waals surface area contributed by atoms with Gasteiger partial charge in [0.1, 0.15) is 11.3 Å². The second-order valence-electron chi connectivity index (χ2n) is 5.27. The number of fused-ring (bicyclic) bond motifs is 1. The van der Waals surface area contributed by atoms with Crippen molar-refractivity contribution in [3.63, 3.8) is 0 Å². The van der Waals surface area contributed by atoms with E-state index in [-0.39, 0.29) is 16.9 Å². The highest BCUT2D eigenvalue weighted by Crippen LogP contribution is 2.25. The zero-order valence-corrected chi connectivity index (χ0v) is 12.7. The van der Waals surface area contributed by atoms with Gasteiger partial charge in [0, 0.05) is 6.54 Å². The predicted molar refractivity (Wildman–Crippen MR) is 83.3 cm³/mol. The first kappa shape index (κ1) is 14.4. The molecule has 0 aliphatic carbocycles. The summed E-state index contributed by atoms with van der Waals surface area (Å²) in [5, 5.41) is 4.12. The van der Waals surface area contributed by atoms with Crippen LogP contribution in [0.4, 0.5) is 0 Å². The summed E-state index contributed by atoms with van der Waals surface area (Å²) in [6, 6.07) is 5.40. The molecule has 1 N–H and O–H groups in total. The third-order valence-corrected chi connectivity index (χ3v) is 4.22. The molecule has 2 aromatic rings. The number of para-hydroxylation sites is 1. The number of methoxy groups -OCH3 is 1. The fourth-order valence-corrected chi connectivity index (χ4v) is 3.17. The topological polar surface area (TPSA) is 56.1 Å². The molecule has 21 heavy (non-hydrogen) atoms. The Balaban J connectivity index is 2.17. The molecule has 0 amide bonds. The molecule has 2 heterocycles. The summed E-state index contributed by atoms with van der Waals surface area (Å²) in [5.74, 6) is 0.567. The summed E-state index contributed by atoms with van der Waals surface area (Å²) >= 11 is 6.29. The highest BCUT2D eigenvalue weighted by molar-refractivity contribution is 6.28. The van der Waals surface area contributed by atoms with Crippen molar-refractivity contribution in [2.24, 2.45) is 0 Å². The molecule has 0 bridgehead atoms. The number of nitrogens with one attached hydrogen (secondary N) is 1. The summed E-state index contributed by atoms with van der Waals surface area (Å²) in [4.78, 5) is 17.2. The van der Waals surface area contributed by atoms with E-state index in [0.29, 0.717) is 16.7 Å². The van der Waals surface area contributed by atoms with E-state index in [1.54, 1.807) is 29.9 Å². The molecule has 1 atom stereocenters. The number of rotatable bonds is 2. The standard InChI is InChI=1S/C15H18ClN3O2/c1-21-12-7-4-6-11-13(12)18-15(16)19(14(11)20)10-5-2-3-8-17-9-10/h4,6-7,10,17H,2-3,5,8-9H2,1H3. The number of ether oxygens (including phenoxy) is 1. The highest BCUT2D eigenvalue weighted by Gasteiger charge is 2.20. The second-order valence-corrected chi connectivity index (χ2v) is 5.60. The number of hydrogen-bond acceptors (Lipinski definition) is 4.